The molecule has 2 aromatic rings. The van der Waals surface area contributed by atoms with E-state index in [0.29, 0.717) is 12.3 Å². The lowest BCUT2D eigenvalue weighted by atomic mass is 10.0. The van der Waals surface area contributed by atoms with Crippen LogP contribution in [0.25, 0.3) is 0 Å². The summed E-state index contributed by atoms with van der Waals surface area (Å²) in [6.45, 7) is 6.34. The van der Waals surface area contributed by atoms with Gasteiger partial charge in [0.25, 0.3) is 0 Å². The molecule has 0 spiro atoms. The molecule has 0 bridgehead atoms. The number of anilines is 1. The summed E-state index contributed by atoms with van der Waals surface area (Å²) in [4.78, 5) is 12.3. The van der Waals surface area contributed by atoms with Crippen molar-refractivity contribution in [2.75, 3.05) is 12.4 Å². The minimum absolute atomic E-state index is 0.0652. The van der Waals surface area contributed by atoms with Crippen molar-refractivity contribution >= 4 is 27.5 Å². The molecule has 0 heterocycles. The van der Waals surface area contributed by atoms with Gasteiger partial charge in [-0.25, -0.2) is 0 Å². The number of hydrogen-bond donors (Lipinski definition) is 1. The summed E-state index contributed by atoms with van der Waals surface area (Å²) in [6.07, 6.45) is 2.23. The highest BCUT2D eigenvalue weighted by molar-refractivity contribution is 9.10. The zero-order valence-corrected chi connectivity index (χ0v) is 16.9. The Hall–Kier alpha value is -1.81. The Balaban J connectivity index is 1.91. The Bertz CT molecular complexity index is 741. The molecule has 0 aliphatic carbocycles. The summed E-state index contributed by atoms with van der Waals surface area (Å²) in [7, 11) is 1.67. The van der Waals surface area contributed by atoms with Gasteiger partial charge in [-0.2, -0.15) is 0 Å². The third-order valence-electron chi connectivity index (χ3n) is 4.31. The van der Waals surface area contributed by atoms with Crippen LogP contribution in [0.2, 0.25) is 0 Å². The number of carbonyl (C=O) groups excluding carboxylic acids is 1. The molecule has 0 aliphatic heterocycles. The van der Waals surface area contributed by atoms with Gasteiger partial charge in [-0.05, 0) is 72.7 Å². The molecule has 1 N–H and O–H groups in total. The Labute approximate surface area is 158 Å². The molecule has 0 atom stereocenters. The van der Waals surface area contributed by atoms with Crippen LogP contribution in [-0.4, -0.2) is 13.0 Å². The quantitative estimate of drug-likeness (QED) is 0.629. The molecule has 3 nitrogen and oxygen atoms in total. The van der Waals surface area contributed by atoms with Crippen molar-refractivity contribution in [3.8, 4) is 5.75 Å². The minimum atomic E-state index is 0.0652. The monoisotopic (exact) mass is 403 g/mol. The number of rotatable bonds is 7. The van der Waals surface area contributed by atoms with E-state index in [0.717, 1.165) is 34.3 Å². The van der Waals surface area contributed by atoms with Crippen LogP contribution in [0.15, 0.2) is 40.9 Å². The molecule has 2 aromatic carbocycles. The van der Waals surface area contributed by atoms with E-state index < -0.39 is 0 Å². The average Bonchev–Trinajstić information content (AvgIpc) is 2.57. The van der Waals surface area contributed by atoms with E-state index in [1.54, 1.807) is 7.11 Å². The predicted octanol–water partition coefficient (Wildman–Crippen LogP) is 5.85. The van der Waals surface area contributed by atoms with Gasteiger partial charge >= 0.3 is 0 Å². The fraction of sp³-hybridized carbons (Fsp3) is 0.381. The maximum atomic E-state index is 12.3. The SMILES string of the molecule is COc1ccc(CCCC(=O)Nc2ccc(Br)cc2C(C)C)c(C)c1. The number of halogens is 1. The predicted molar refractivity (Wildman–Crippen MR) is 108 cm³/mol. The maximum absolute atomic E-state index is 12.3. The first-order valence-electron chi connectivity index (χ1n) is 8.63. The van der Waals surface area contributed by atoms with E-state index in [9.17, 15) is 4.79 Å². The molecular weight excluding hydrogens is 378 g/mol. The highest BCUT2D eigenvalue weighted by Gasteiger charge is 2.11. The average molecular weight is 404 g/mol. The van der Waals surface area contributed by atoms with Crippen molar-refractivity contribution in [2.45, 2.75) is 46.0 Å². The van der Waals surface area contributed by atoms with Gasteiger partial charge in [0.2, 0.25) is 5.91 Å². The minimum Gasteiger partial charge on any atom is -0.497 e. The number of ether oxygens (including phenoxy) is 1. The third kappa shape index (κ3) is 5.60. The smallest absolute Gasteiger partial charge is 0.224 e. The summed E-state index contributed by atoms with van der Waals surface area (Å²) in [5.41, 5.74) is 4.52. The van der Waals surface area contributed by atoms with Gasteiger partial charge in [0, 0.05) is 16.6 Å². The van der Waals surface area contributed by atoms with Crippen molar-refractivity contribution in [3.63, 3.8) is 0 Å². The van der Waals surface area contributed by atoms with Crippen molar-refractivity contribution in [1.82, 2.24) is 0 Å². The number of carbonyl (C=O) groups is 1. The molecule has 0 saturated carbocycles. The van der Waals surface area contributed by atoms with Gasteiger partial charge in [-0.15, -0.1) is 0 Å². The molecule has 0 radical (unpaired) electrons. The molecule has 134 valence electrons. The summed E-state index contributed by atoms with van der Waals surface area (Å²) in [6, 6.07) is 12.1. The van der Waals surface area contributed by atoms with Crippen molar-refractivity contribution in [3.05, 3.63) is 57.6 Å². The van der Waals surface area contributed by atoms with E-state index in [1.165, 1.54) is 11.1 Å². The first-order valence-corrected chi connectivity index (χ1v) is 9.43. The summed E-state index contributed by atoms with van der Waals surface area (Å²) < 4.78 is 6.26. The topological polar surface area (TPSA) is 38.3 Å². The molecular formula is C21H26BrNO2. The highest BCUT2D eigenvalue weighted by atomic mass is 79.9. The van der Waals surface area contributed by atoms with Gasteiger partial charge in [0.05, 0.1) is 7.11 Å². The largest absolute Gasteiger partial charge is 0.497 e. The number of aryl methyl sites for hydroxylation is 2. The first-order chi connectivity index (χ1) is 11.9. The molecule has 4 heteroatoms. The lowest BCUT2D eigenvalue weighted by molar-refractivity contribution is -0.116. The van der Waals surface area contributed by atoms with Crippen LogP contribution >= 0.6 is 15.9 Å². The van der Waals surface area contributed by atoms with Gasteiger partial charge < -0.3 is 10.1 Å². The molecule has 0 saturated heterocycles. The number of methoxy groups -OCH3 is 1. The maximum Gasteiger partial charge on any atom is 0.224 e. The molecule has 0 aliphatic rings. The van der Waals surface area contributed by atoms with E-state index in [1.807, 2.05) is 24.3 Å². The van der Waals surface area contributed by atoms with Gasteiger partial charge in [0.15, 0.2) is 0 Å². The summed E-state index contributed by atoms with van der Waals surface area (Å²) in [5.74, 6) is 1.29. The molecule has 2 rings (SSSR count). The second kappa shape index (κ2) is 9.04. The molecule has 25 heavy (non-hydrogen) atoms. The molecule has 1 amide bonds. The van der Waals surface area contributed by atoms with Gasteiger partial charge in [-0.1, -0.05) is 35.8 Å². The van der Waals surface area contributed by atoms with Crippen LogP contribution in [0, 0.1) is 6.92 Å². The van der Waals surface area contributed by atoms with Crippen LogP contribution in [0.3, 0.4) is 0 Å². The normalized spacial score (nSPS) is 10.8. The van der Waals surface area contributed by atoms with Crippen LogP contribution in [0.1, 0.15) is 49.3 Å². The third-order valence-corrected chi connectivity index (χ3v) is 4.80. The first kappa shape index (κ1) is 19.5. The summed E-state index contributed by atoms with van der Waals surface area (Å²) in [5, 5.41) is 3.06. The zero-order chi connectivity index (χ0) is 18.4. The summed E-state index contributed by atoms with van der Waals surface area (Å²) >= 11 is 3.49. The lowest BCUT2D eigenvalue weighted by Crippen LogP contribution is -2.13. The Morgan fingerprint density at radius 1 is 1.20 bits per heavy atom. The molecule has 0 unspecified atom stereocenters. The lowest BCUT2D eigenvalue weighted by Gasteiger charge is -2.14. The van der Waals surface area contributed by atoms with E-state index in [-0.39, 0.29) is 5.91 Å². The number of hydrogen-bond acceptors (Lipinski definition) is 2. The fourth-order valence-electron chi connectivity index (χ4n) is 2.85. The number of amides is 1. The van der Waals surface area contributed by atoms with Gasteiger partial charge in [-0.3, -0.25) is 4.79 Å². The second-order valence-corrected chi connectivity index (χ2v) is 7.50. The Kier molecular flexibility index (Phi) is 7.06. The van der Waals surface area contributed by atoms with Crippen LogP contribution in [0.4, 0.5) is 5.69 Å². The van der Waals surface area contributed by atoms with E-state index >= 15 is 0 Å². The number of nitrogens with one attached hydrogen (secondary N) is 1. The van der Waals surface area contributed by atoms with Crippen molar-refractivity contribution in [1.29, 1.82) is 0 Å². The van der Waals surface area contributed by atoms with E-state index in [2.05, 4.69) is 54.2 Å². The second-order valence-electron chi connectivity index (χ2n) is 6.58. The molecule has 0 aromatic heterocycles. The van der Waals surface area contributed by atoms with Crippen molar-refractivity contribution < 1.29 is 9.53 Å². The Morgan fingerprint density at radius 3 is 2.60 bits per heavy atom. The van der Waals surface area contributed by atoms with Crippen LogP contribution < -0.4 is 10.1 Å². The van der Waals surface area contributed by atoms with Gasteiger partial charge in [0.1, 0.15) is 5.75 Å². The standard InChI is InChI=1S/C21H26BrNO2/c1-14(2)19-13-17(22)9-11-20(19)23-21(24)7-5-6-16-8-10-18(25-4)12-15(16)3/h8-14H,5-7H2,1-4H3,(H,23,24). The van der Waals surface area contributed by atoms with Crippen LogP contribution in [0.5, 0.6) is 5.75 Å². The zero-order valence-electron chi connectivity index (χ0n) is 15.4. The fourth-order valence-corrected chi connectivity index (χ4v) is 3.23. The molecule has 0 fully saturated rings. The number of benzene rings is 2. The van der Waals surface area contributed by atoms with Crippen LogP contribution in [-0.2, 0) is 11.2 Å². The Morgan fingerprint density at radius 2 is 1.96 bits per heavy atom. The van der Waals surface area contributed by atoms with Crippen molar-refractivity contribution in [2.24, 2.45) is 0 Å². The highest BCUT2D eigenvalue weighted by Crippen LogP contribution is 2.28. The van der Waals surface area contributed by atoms with E-state index in [4.69, 9.17) is 4.74 Å².